The fourth-order valence-corrected chi connectivity index (χ4v) is 5.05. The molecule has 2 saturated heterocycles. The second-order valence-electron chi connectivity index (χ2n) is 9.40. The monoisotopic (exact) mass is 448 g/mol. The molecule has 3 N–H and O–H groups in total. The van der Waals surface area contributed by atoms with E-state index in [1.807, 2.05) is 42.5 Å². The highest BCUT2D eigenvalue weighted by molar-refractivity contribution is 6.01. The second kappa shape index (κ2) is 11.4. The molecule has 6 nitrogen and oxygen atoms in total. The number of likely N-dealkylation sites (tertiary alicyclic amines) is 1. The summed E-state index contributed by atoms with van der Waals surface area (Å²) in [5.41, 5.74) is 3.45. The second-order valence-corrected chi connectivity index (χ2v) is 9.40. The number of rotatable bonds is 4. The van der Waals surface area contributed by atoms with Crippen LogP contribution in [0.1, 0.15) is 57.0 Å². The van der Waals surface area contributed by atoms with Crippen molar-refractivity contribution in [2.24, 2.45) is 5.92 Å². The van der Waals surface area contributed by atoms with Gasteiger partial charge in [0.25, 0.3) is 11.8 Å². The van der Waals surface area contributed by atoms with Gasteiger partial charge in [0, 0.05) is 43.2 Å². The summed E-state index contributed by atoms with van der Waals surface area (Å²) >= 11 is 0. The number of piperidine rings is 1. The summed E-state index contributed by atoms with van der Waals surface area (Å²) in [4.78, 5) is 27.4. The summed E-state index contributed by atoms with van der Waals surface area (Å²) in [7, 11) is 2.12. The quantitative estimate of drug-likeness (QED) is 0.673. The van der Waals surface area contributed by atoms with Gasteiger partial charge in [-0.25, -0.2) is 0 Å². The van der Waals surface area contributed by atoms with Crippen molar-refractivity contribution in [3.8, 4) is 0 Å². The number of carbonyl (C=O) groups is 2. The lowest BCUT2D eigenvalue weighted by Crippen LogP contribution is -2.29. The Hall–Kier alpha value is -2.70. The Morgan fingerprint density at radius 3 is 2.55 bits per heavy atom. The fourth-order valence-electron chi connectivity index (χ4n) is 5.05. The van der Waals surface area contributed by atoms with Gasteiger partial charge in [-0.1, -0.05) is 42.8 Å². The highest BCUT2D eigenvalue weighted by Crippen LogP contribution is 2.35. The van der Waals surface area contributed by atoms with Gasteiger partial charge in [0.15, 0.2) is 0 Å². The third-order valence-electron chi connectivity index (χ3n) is 6.86. The molecule has 2 amide bonds. The molecule has 3 heterocycles. The van der Waals surface area contributed by atoms with E-state index in [-0.39, 0.29) is 11.8 Å². The Morgan fingerprint density at radius 1 is 1.06 bits per heavy atom. The number of likely N-dealkylation sites (N-methyl/N-ethyl adjacent to an activating group) is 1. The van der Waals surface area contributed by atoms with Gasteiger partial charge in [-0.2, -0.15) is 0 Å². The van der Waals surface area contributed by atoms with Gasteiger partial charge in [0.05, 0.1) is 0 Å². The van der Waals surface area contributed by atoms with Gasteiger partial charge < -0.3 is 20.9 Å². The van der Waals surface area contributed by atoms with Crippen molar-refractivity contribution in [3.63, 3.8) is 0 Å². The first-order chi connectivity index (χ1) is 16.1. The van der Waals surface area contributed by atoms with Crippen molar-refractivity contribution in [1.82, 2.24) is 20.9 Å². The first-order valence-corrected chi connectivity index (χ1v) is 12.3. The summed E-state index contributed by atoms with van der Waals surface area (Å²) in [6.45, 7) is 5.71. The highest BCUT2D eigenvalue weighted by Gasteiger charge is 2.36. The van der Waals surface area contributed by atoms with Crippen LogP contribution in [0.15, 0.2) is 48.5 Å². The minimum absolute atomic E-state index is 0.0685. The molecule has 5 rings (SSSR count). The van der Waals surface area contributed by atoms with Crippen LogP contribution in [-0.2, 0) is 6.42 Å². The fraction of sp³-hybridized carbons (Fsp3) is 0.481. The standard InChI is InChI=1S/C22H25N3O2.C5H11N/c1-25-13-17-12-24-22(27)19-11-16(7-8-18(19)20(17)14-25)21(26)23-10-9-15-5-3-2-4-6-15;1-2-4-6-5-3-1/h2-8,11,17,20H,9-10,12-14H2,1H3,(H,23,26)(H,24,27);6H,1-5H2/t17-,20-;/m1./s1. The number of nitrogens with zero attached hydrogens (tertiary/aromatic N) is 1. The lowest BCUT2D eigenvalue weighted by molar-refractivity contribution is 0.0951. The van der Waals surface area contributed by atoms with Gasteiger partial charge >= 0.3 is 0 Å². The molecule has 0 unspecified atom stereocenters. The molecular formula is C27H36N4O2. The maximum Gasteiger partial charge on any atom is 0.251 e. The van der Waals surface area contributed by atoms with Crippen LogP contribution in [0.2, 0.25) is 0 Å². The van der Waals surface area contributed by atoms with Crippen molar-refractivity contribution < 1.29 is 9.59 Å². The summed E-state index contributed by atoms with van der Waals surface area (Å²) in [6.07, 6.45) is 5.00. The maximum atomic E-state index is 12.5. The minimum atomic E-state index is -0.133. The molecule has 0 aromatic heterocycles. The number of benzene rings is 2. The number of hydrogen-bond donors (Lipinski definition) is 3. The Kier molecular flexibility index (Phi) is 8.13. The third kappa shape index (κ3) is 6.21. The van der Waals surface area contributed by atoms with Crippen molar-refractivity contribution in [2.45, 2.75) is 31.6 Å². The van der Waals surface area contributed by atoms with E-state index in [0.29, 0.717) is 36.1 Å². The summed E-state index contributed by atoms with van der Waals surface area (Å²) in [6, 6.07) is 15.7. The van der Waals surface area contributed by atoms with Crippen LogP contribution in [0.25, 0.3) is 0 Å². The molecule has 0 spiro atoms. The Bertz CT molecular complexity index is 931. The van der Waals surface area contributed by atoms with Crippen LogP contribution >= 0.6 is 0 Å². The van der Waals surface area contributed by atoms with Crippen LogP contribution in [0.5, 0.6) is 0 Å². The van der Waals surface area contributed by atoms with Gasteiger partial charge in [-0.15, -0.1) is 0 Å². The van der Waals surface area contributed by atoms with Crippen molar-refractivity contribution >= 4 is 11.8 Å². The van der Waals surface area contributed by atoms with E-state index in [2.05, 4.69) is 27.9 Å². The molecule has 33 heavy (non-hydrogen) atoms. The Morgan fingerprint density at radius 2 is 1.85 bits per heavy atom. The molecule has 2 fully saturated rings. The highest BCUT2D eigenvalue weighted by atomic mass is 16.2. The molecular weight excluding hydrogens is 412 g/mol. The molecule has 3 aliphatic heterocycles. The molecule has 176 valence electrons. The van der Waals surface area contributed by atoms with Crippen molar-refractivity contribution in [3.05, 3.63) is 70.8 Å². The average Bonchev–Trinajstić information content (AvgIpc) is 3.19. The molecule has 2 aromatic rings. The molecule has 6 heteroatoms. The maximum absolute atomic E-state index is 12.5. The third-order valence-corrected chi connectivity index (χ3v) is 6.86. The average molecular weight is 449 g/mol. The zero-order valence-corrected chi connectivity index (χ0v) is 19.6. The van der Waals surface area contributed by atoms with E-state index in [4.69, 9.17) is 0 Å². The minimum Gasteiger partial charge on any atom is -0.352 e. The Balaban J connectivity index is 0.000000376. The van der Waals surface area contributed by atoms with Crippen LogP contribution in [0.4, 0.5) is 0 Å². The molecule has 2 aromatic carbocycles. The van der Waals surface area contributed by atoms with Crippen LogP contribution in [0, 0.1) is 5.92 Å². The first-order valence-electron chi connectivity index (χ1n) is 12.3. The lowest BCUT2D eigenvalue weighted by Gasteiger charge is -2.16. The topological polar surface area (TPSA) is 73.5 Å². The van der Waals surface area contributed by atoms with Gasteiger partial charge in [0.2, 0.25) is 0 Å². The molecule has 0 aliphatic carbocycles. The first kappa shape index (κ1) is 23.5. The number of fused-ring (bicyclic) bond motifs is 3. The van der Waals surface area contributed by atoms with E-state index in [1.165, 1.54) is 37.9 Å². The number of carbonyl (C=O) groups excluding carboxylic acids is 2. The predicted octanol–water partition coefficient (Wildman–Crippen LogP) is 2.81. The molecule has 3 aliphatic rings. The normalized spacial score (nSPS) is 22.2. The van der Waals surface area contributed by atoms with Crippen LogP contribution in [0.3, 0.4) is 0 Å². The van der Waals surface area contributed by atoms with E-state index in [9.17, 15) is 9.59 Å². The Labute approximate surface area is 197 Å². The molecule has 2 atom stereocenters. The number of hydrogen-bond acceptors (Lipinski definition) is 4. The van der Waals surface area contributed by atoms with E-state index in [0.717, 1.165) is 25.1 Å². The summed E-state index contributed by atoms with van der Waals surface area (Å²) < 4.78 is 0. The van der Waals surface area contributed by atoms with Gasteiger partial charge in [-0.3, -0.25) is 9.59 Å². The zero-order chi connectivity index (χ0) is 23.0. The van der Waals surface area contributed by atoms with Gasteiger partial charge in [0.1, 0.15) is 0 Å². The number of amides is 2. The predicted molar refractivity (Wildman–Crippen MR) is 132 cm³/mol. The summed E-state index contributed by atoms with van der Waals surface area (Å²) in [5, 5.41) is 9.27. The molecule has 0 radical (unpaired) electrons. The van der Waals surface area contributed by atoms with E-state index >= 15 is 0 Å². The number of nitrogens with one attached hydrogen (secondary N) is 3. The largest absolute Gasteiger partial charge is 0.352 e. The van der Waals surface area contributed by atoms with E-state index < -0.39 is 0 Å². The summed E-state index contributed by atoms with van der Waals surface area (Å²) in [5.74, 6) is 0.580. The van der Waals surface area contributed by atoms with Gasteiger partial charge in [-0.05, 0) is 68.6 Å². The van der Waals surface area contributed by atoms with E-state index in [1.54, 1.807) is 6.07 Å². The molecule has 0 saturated carbocycles. The zero-order valence-electron chi connectivity index (χ0n) is 19.6. The smallest absolute Gasteiger partial charge is 0.251 e. The molecule has 0 bridgehead atoms. The van der Waals surface area contributed by atoms with Crippen molar-refractivity contribution in [1.29, 1.82) is 0 Å². The SMILES string of the molecule is C1CCNCC1.CN1C[C@H]2CNC(=O)c3cc(C(=O)NCCc4ccccc4)ccc3[C@@H]2C1. The van der Waals surface area contributed by atoms with Crippen LogP contribution in [-0.4, -0.2) is 63.0 Å². The van der Waals surface area contributed by atoms with Crippen molar-refractivity contribution in [2.75, 3.05) is 46.3 Å². The lowest BCUT2D eigenvalue weighted by atomic mass is 9.86. The van der Waals surface area contributed by atoms with Crippen LogP contribution < -0.4 is 16.0 Å².